The Morgan fingerprint density at radius 3 is 2.70 bits per heavy atom. The third kappa shape index (κ3) is 3.05. The second kappa shape index (κ2) is 6.15. The zero-order chi connectivity index (χ0) is 14.7. The number of aryl methyl sites for hydroxylation is 1. The highest BCUT2D eigenvalue weighted by molar-refractivity contribution is 6.31. The minimum Gasteiger partial charge on any atom is -0.308 e. The fourth-order valence-corrected chi connectivity index (χ4v) is 2.25. The summed E-state index contributed by atoms with van der Waals surface area (Å²) in [6.07, 6.45) is 1.22. The number of halogens is 2. The van der Waals surface area contributed by atoms with Gasteiger partial charge in [-0.3, -0.25) is 0 Å². The van der Waals surface area contributed by atoms with Crippen LogP contribution in [-0.4, -0.2) is 9.97 Å². The Bertz CT molecular complexity index is 606. The summed E-state index contributed by atoms with van der Waals surface area (Å²) in [5.41, 5.74) is 5.22. The van der Waals surface area contributed by atoms with Gasteiger partial charge < -0.3 is 5.43 Å². The molecule has 0 spiro atoms. The molecule has 2 aromatic rings. The maximum Gasteiger partial charge on any atom is 0.146 e. The predicted molar refractivity (Wildman–Crippen MR) is 78.2 cm³/mol. The molecule has 0 atom stereocenters. The lowest BCUT2D eigenvalue weighted by molar-refractivity contribution is 0.627. The Kier molecular flexibility index (Phi) is 4.52. The molecule has 0 radical (unpaired) electrons. The Hall–Kier alpha value is -1.72. The highest BCUT2D eigenvalue weighted by Gasteiger charge is 2.11. The molecular formula is C14H16ClFN4. The van der Waals surface area contributed by atoms with E-state index in [-0.39, 0.29) is 5.82 Å². The number of nitrogen functional groups attached to an aromatic ring is 1. The maximum absolute atomic E-state index is 13.0. The van der Waals surface area contributed by atoms with Gasteiger partial charge in [-0.15, -0.1) is 0 Å². The van der Waals surface area contributed by atoms with Crippen molar-refractivity contribution in [1.82, 2.24) is 9.97 Å². The maximum atomic E-state index is 13.0. The first kappa shape index (κ1) is 14.7. The molecule has 0 unspecified atom stereocenters. The number of rotatable bonds is 4. The molecule has 1 heterocycles. The van der Waals surface area contributed by atoms with Gasteiger partial charge in [0.1, 0.15) is 17.5 Å². The number of aromatic nitrogens is 2. The SMILES string of the molecule is CCc1nc(Cc2ccc(F)cc2Cl)nc(NN)c1C. The van der Waals surface area contributed by atoms with E-state index in [0.717, 1.165) is 23.2 Å². The first-order chi connectivity index (χ1) is 9.55. The molecule has 4 nitrogen and oxygen atoms in total. The van der Waals surface area contributed by atoms with Crippen molar-refractivity contribution >= 4 is 17.4 Å². The molecule has 1 aromatic heterocycles. The van der Waals surface area contributed by atoms with Crippen LogP contribution in [0.2, 0.25) is 5.02 Å². The van der Waals surface area contributed by atoms with Crippen LogP contribution in [0.5, 0.6) is 0 Å². The van der Waals surface area contributed by atoms with Gasteiger partial charge in [-0.05, 0) is 31.0 Å². The highest BCUT2D eigenvalue weighted by atomic mass is 35.5. The van der Waals surface area contributed by atoms with E-state index in [1.165, 1.54) is 12.1 Å². The van der Waals surface area contributed by atoms with Gasteiger partial charge in [0, 0.05) is 22.7 Å². The molecule has 6 heteroatoms. The van der Waals surface area contributed by atoms with E-state index < -0.39 is 0 Å². The summed E-state index contributed by atoms with van der Waals surface area (Å²) in [6.45, 7) is 3.94. The van der Waals surface area contributed by atoms with Crippen molar-refractivity contribution in [2.45, 2.75) is 26.7 Å². The van der Waals surface area contributed by atoms with Gasteiger partial charge in [0.2, 0.25) is 0 Å². The molecule has 0 aliphatic rings. The molecule has 0 fully saturated rings. The number of nitrogens with zero attached hydrogens (tertiary/aromatic N) is 2. The van der Waals surface area contributed by atoms with Gasteiger partial charge in [0.05, 0.1) is 0 Å². The van der Waals surface area contributed by atoms with Crippen molar-refractivity contribution in [3.8, 4) is 0 Å². The van der Waals surface area contributed by atoms with Crippen molar-refractivity contribution in [2.75, 3.05) is 5.43 Å². The van der Waals surface area contributed by atoms with Crippen LogP contribution in [0.3, 0.4) is 0 Å². The Labute approximate surface area is 122 Å². The molecule has 0 aliphatic heterocycles. The van der Waals surface area contributed by atoms with Crippen molar-refractivity contribution < 1.29 is 4.39 Å². The van der Waals surface area contributed by atoms with Crippen LogP contribution in [0.4, 0.5) is 10.2 Å². The molecule has 1 aromatic carbocycles. The van der Waals surface area contributed by atoms with Crippen molar-refractivity contribution in [1.29, 1.82) is 0 Å². The standard InChI is InChI=1S/C14H16ClFN4/c1-3-12-8(2)14(20-17)19-13(18-12)6-9-4-5-10(16)7-11(9)15/h4-5,7H,3,6,17H2,1-2H3,(H,18,19,20). The molecule has 0 amide bonds. The fraction of sp³-hybridized carbons (Fsp3) is 0.286. The lowest BCUT2D eigenvalue weighted by Crippen LogP contribution is -2.14. The highest BCUT2D eigenvalue weighted by Crippen LogP contribution is 2.21. The predicted octanol–water partition coefficient (Wildman–Crippen LogP) is 3.02. The van der Waals surface area contributed by atoms with E-state index in [2.05, 4.69) is 15.4 Å². The van der Waals surface area contributed by atoms with Gasteiger partial charge in [-0.1, -0.05) is 24.6 Å². The summed E-state index contributed by atoms with van der Waals surface area (Å²) in [4.78, 5) is 8.86. The molecular weight excluding hydrogens is 279 g/mol. The zero-order valence-corrected chi connectivity index (χ0v) is 12.1. The Balaban J connectivity index is 2.38. The van der Waals surface area contributed by atoms with Crippen molar-refractivity contribution in [2.24, 2.45) is 5.84 Å². The first-order valence-corrected chi connectivity index (χ1v) is 6.69. The zero-order valence-electron chi connectivity index (χ0n) is 11.4. The second-order valence-corrected chi connectivity index (χ2v) is 4.88. The average molecular weight is 295 g/mol. The summed E-state index contributed by atoms with van der Waals surface area (Å²) in [5, 5.41) is 0.370. The summed E-state index contributed by atoms with van der Waals surface area (Å²) >= 11 is 6.02. The van der Waals surface area contributed by atoms with Crippen LogP contribution in [-0.2, 0) is 12.8 Å². The molecule has 3 N–H and O–H groups in total. The molecule has 20 heavy (non-hydrogen) atoms. The number of hydrazine groups is 1. The summed E-state index contributed by atoms with van der Waals surface area (Å²) in [7, 11) is 0. The lowest BCUT2D eigenvalue weighted by atomic mass is 10.1. The van der Waals surface area contributed by atoms with Crippen LogP contribution in [0.1, 0.15) is 29.6 Å². The first-order valence-electron chi connectivity index (χ1n) is 6.32. The normalized spacial score (nSPS) is 10.7. The molecule has 0 saturated heterocycles. The van der Waals surface area contributed by atoms with E-state index in [9.17, 15) is 4.39 Å². The van der Waals surface area contributed by atoms with Gasteiger partial charge in [0.25, 0.3) is 0 Å². The summed E-state index contributed by atoms with van der Waals surface area (Å²) in [6, 6.07) is 4.30. The second-order valence-electron chi connectivity index (χ2n) is 4.47. The number of hydrogen-bond acceptors (Lipinski definition) is 4. The van der Waals surface area contributed by atoms with Gasteiger partial charge in [0.15, 0.2) is 0 Å². The van der Waals surface area contributed by atoms with Crippen LogP contribution in [0.25, 0.3) is 0 Å². The van der Waals surface area contributed by atoms with E-state index in [1.54, 1.807) is 6.07 Å². The fourth-order valence-electron chi connectivity index (χ4n) is 2.01. The number of nitrogens with one attached hydrogen (secondary N) is 1. The summed E-state index contributed by atoms with van der Waals surface area (Å²) in [5.74, 6) is 6.32. The van der Waals surface area contributed by atoms with E-state index in [4.69, 9.17) is 17.4 Å². The Morgan fingerprint density at radius 2 is 2.10 bits per heavy atom. The molecule has 0 saturated carbocycles. The van der Waals surface area contributed by atoms with Crippen molar-refractivity contribution in [3.05, 3.63) is 51.7 Å². The van der Waals surface area contributed by atoms with Crippen LogP contribution >= 0.6 is 11.6 Å². The van der Waals surface area contributed by atoms with Gasteiger partial charge in [-0.2, -0.15) is 0 Å². The quantitative estimate of drug-likeness (QED) is 0.672. The third-order valence-corrected chi connectivity index (χ3v) is 3.48. The molecule has 2 rings (SSSR count). The third-order valence-electron chi connectivity index (χ3n) is 3.13. The summed E-state index contributed by atoms with van der Waals surface area (Å²) < 4.78 is 13.0. The van der Waals surface area contributed by atoms with Crippen molar-refractivity contribution in [3.63, 3.8) is 0 Å². The van der Waals surface area contributed by atoms with E-state index in [1.807, 2.05) is 13.8 Å². The topological polar surface area (TPSA) is 63.8 Å². The molecule has 0 aliphatic carbocycles. The largest absolute Gasteiger partial charge is 0.308 e. The van der Waals surface area contributed by atoms with Gasteiger partial charge >= 0.3 is 0 Å². The molecule has 106 valence electrons. The number of anilines is 1. The smallest absolute Gasteiger partial charge is 0.146 e. The van der Waals surface area contributed by atoms with Gasteiger partial charge in [-0.25, -0.2) is 20.2 Å². The van der Waals surface area contributed by atoms with Crippen LogP contribution < -0.4 is 11.3 Å². The minimum atomic E-state index is -0.359. The number of hydrogen-bond donors (Lipinski definition) is 2. The lowest BCUT2D eigenvalue weighted by Gasteiger charge is -2.11. The number of benzene rings is 1. The monoisotopic (exact) mass is 294 g/mol. The minimum absolute atomic E-state index is 0.359. The average Bonchev–Trinajstić information content (AvgIpc) is 2.43. The van der Waals surface area contributed by atoms with E-state index in [0.29, 0.717) is 23.1 Å². The van der Waals surface area contributed by atoms with Crippen LogP contribution in [0.15, 0.2) is 18.2 Å². The Morgan fingerprint density at radius 1 is 1.35 bits per heavy atom. The van der Waals surface area contributed by atoms with E-state index >= 15 is 0 Å². The number of nitrogens with two attached hydrogens (primary N) is 1. The molecule has 0 bridgehead atoms. The van der Waals surface area contributed by atoms with Crippen LogP contribution in [0, 0.1) is 12.7 Å².